The van der Waals surface area contributed by atoms with E-state index in [-0.39, 0.29) is 5.56 Å². The van der Waals surface area contributed by atoms with Crippen molar-refractivity contribution in [1.82, 2.24) is 9.55 Å². The average molecular weight is 370 g/mol. The first kappa shape index (κ1) is 18.3. The van der Waals surface area contributed by atoms with Crippen molar-refractivity contribution in [3.05, 3.63) is 51.4 Å². The molecule has 1 atom stereocenters. The normalized spacial score (nSPS) is 12.3. The Morgan fingerprint density at radius 2 is 2.08 bits per heavy atom. The minimum atomic E-state index is -0.710. The smallest absolute Gasteiger partial charge is 0.328 e. The Morgan fingerprint density at radius 1 is 1.31 bits per heavy atom. The number of thiophene rings is 1. The maximum absolute atomic E-state index is 13.1. The van der Waals surface area contributed by atoms with E-state index in [2.05, 4.69) is 24.9 Å². The topological polar surface area (TPSA) is 61.2 Å². The van der Waals surface area contributed by atoms with Crippen LogP contribution in [0, 0.1) is 13.8 Å². The Balaban J connectivity index is 2.10. The third kappa shape index (κ3) is 3.29. The number of benzene rings is 1. The second-order valence-electron chi connectivity index (χ2n) is 6.43. The Bertz CT molecular complexity index is 1020. The van der Waals surface area contributed by atoms with Crippen LogP contribution in [0.3, 0.4) is 0 Å². The van der Waals surface area contributed by atoms with E-state index in [4.69, 9.17) is 4.74 Å². The molecule has 6 heteroatoms. The van der Waals surface area contributed by atoms with Crippen LogP contribution in [0.5, 0.6) is 0 Å². The molecule has 0 radical (unpaired) electrons. The fourth-order valence-corrected chi connectivity index (χ4v) is 3.69. The third-order valence-electron chi connectivity index (χ3n) is 4.54. The van der Waals surface area contributed by atoms with E-state index in [9.17, 15) is 9.59 Å². The molecule has 0 unspecified atom stereocenters. The quantitative estimate of drug-likeness (QED) is 0.630. The van der Waals surface area contributed by atoms with E-state index in [1.54, 1.807) is 6.92 Å². The van der Waals surface area contributed by atoms with Crippen LogP contribution < -0.4 is 5.56 Å². The number of rotatable bonds is 5. The van der Waals surface area contributed by atoms with Crippen LogP contribution >= 0.6 is 11.3 Å². The summed E-state index contributed by atoms with van der Waals surface area (Å²) in [4.78, 5) is 30.3. The minimum Gasteiger partial charge on any atom is -0.464 e. The van der Waals surface area contributed by atoms with Crippen LogP contribution in [0.2, 0.25) is 0 Å². The zero-order chi connectivity index (χ0) is 18.8. The van der Waals surface area contributed by atoms with Gasteiger partial charge < -0.3 is 4.74 Å². The molecule has 26 heavy (non-hydrogen) atoms. The van der Waals surface area contributed by atoms with Crippen LogP contribution in [0.15, 0.2) is 34.7 Å². The van der Waals surface area contributed by atoms with Gasteiger partial charge in [0.15, 0.2) is 0 Å². The maximum atomic E-state index is 13.1. The molecular weight excluding hydrogens is 348 g/mol. The summed E-state index contributed by atoms with van der Waals surface area (Å²) < 4.78 is 6.53. The van der Waals surface area contributed by atoms with Crippen molar-refractivity contribution in [2.45, 2.75) is 40.2 Å². The number of carbonyl (C=O) groups is 1. The fourth-order valence-electron chi connectivity index (χ4n) is 2.78. The van der Waals surface area contributed by atoms with E-state index < -0.39 is 12.0 Å². The molecule has 5 nitrogen and oxygen atoms in total. The predicted octanol–water partition coefficient (Wildman–Crippen LogP) is 4.26. The number of aryl methyl sites for hydroxylation is 2. The summed E-state index contributed by atoms with van der Waals surface area (Å²) in [6.45, 7) is 8.05. The maximum Gasteiger partial charge on any atom is 0.328 e. The molecule has 0 saturated heterocycles. The lowest BCUT2D eigenvalue weighted by atomic mass is 10.0. The standard InChI is InChI=1S/C20H22N2O3S/c1-5-8-25-20(24)14(4)22-11-21-18-17(19(22)23)16(10-26-18)15-7-6-12(2)13(3)9-15/h6-7,9-11,14H,5,8H2,1-4H3/t14-/m0/s1. The zero-order valence-electron chi connectivity index (χ0n) is 15.4. The SMILES string of the molecule is CCCOC(=O)[C@H](C)n1cnc2scc(-c3ccc(C)c(C)c3)c2c1=O. The van der Waals surface area contributed by atoms with Crippen molar-refractivity contribution in [3.8, 4) is 11.1 Å². The second kappa shape index (κ2) is 7.41. The second-order valence-corrected chi connectivity index (χ2v) is 7.29. The Morgan fingerprint density at radius 3 is 2.77 bits per heavy atom. The Hall–Kier alpha value is -2.47. The van der Waals surface area contributed by atoms with Gasteiger partial charge in [0.2, 0.25) is 0 Å². The lowest BCUT2D eigenvalue weighted by Crippen LogP contribution is -2.29. The van der Waals surface area contributed by atoms with E-state index >= 15 is 0 Å². The summed E-state index contributed by atoms with van der Waals surface area (Å²) in [5, 5.41) is 2.50. The lowest BCUT2D eigenvalue weighted by molar-refractivity contribution is -0.147. The van der Waals surface area contributed by atoms with Crippen molar-refractivity contribution in [3.63, 3.8) is 0 Å². The number of nitrogens with zero attached hydrogens (tertiary/aromatic N) is 2. The van der Waals surface area contributed by atoms with Crippen LogP contribution in [-0.4, -0.2) is 22.1 Å². The minimum absolute atomic E-state index is 0.217. The van der Waals surface area contributed by atoms with Crippen LogP contribution in [0.4, 0.5) is 0 Å². The molecule has 3 rings (SSSR count). The van der Waals surface area contributed by atoms with Crippen molar-refractivity contribution in [1.29, 1.82) is 0 Å². The van der Waals surface area contributed by atoms with E-state index in [1.165, 1.54) is 33.4 Å². The highest BCUT2D eigenvalue weighted by atomic mass is 32.1. The first-order valence-corrected chi connectivity index (χ1v) is 9.54. The van der Waals surface area contributed by atoms with Gasteiger partial charge in [0.25, 0.3) is 5.56 Å². The van der Waals surface area contributed by atoms with Crippen molar-refractivity contribution in [2.24, 2.45) is 0 Å². The van der Waals surface area contributed by atoms with Gasteiger partial charge in [-0.05, 0) is 43.9 Å². The van der Waals surface area contributed by atoms with Gasteiger partial charge in [-0.2, -0.15) is 0 Å². The zero-order valence-corrected chi connectivity index (χ0v) is 16.2. The predicted molar refractivity (Wildman–Crippen MR) is 105 cm³/mol. The van der Waals surface area contributed by atoms with Crippen molar-refractivity contribution < 1.29 is 9.53 Å². The molecule has 0 fully saturated rings. The van der Waals surface area contributed by atoms with Gasteiger partial charge in [-0.3, -0.25) is 9.36 Å². The molecule has 0 amide bonds. The van der Waals surface area contributed by atoms with Crippen LogP contribution in [-0.2, 0) is 9.53 Å². The monoisotopic (exact) mass is 370 g/mol. The molecule has 0 N–H and O–H groups in total. The van der Waals surface area contributed by atoms with Crippen LogP contribution in [0.25, 0.3) is 21.3 Å². The summed E-state index contributed by atoms with van der Waals surface area (Å²) >= 11 is 1.44. The van der Waals surface area contributed by atoms with Gasteiger partial charge >= 0.3 is 5.97 Å². The summed E-state index contributed by atoms with van der Waals surface area (Å²) in [5.74, 6) is -0.418. The van der Waals surface area contributed by atoms with Gasteiger partial charge in [0.1, 0.15) is 10.9 Å². The molecular formula is C20H22N2O3S. The van der Waals surface area contributed by atoms with Gasteiger partial charge in [-0.25, -0.2) is 9.78 Å². The first-order chi connectivity index (χ1) is 12.4. The highest BCUT2D eigenvalue weighted by Crippen LogP contribution is 2.31. The molecule has 3 aromatic rings. The van der Waals surface area contributed by atoms with Gasteiger partial charge in [0.05, 0.1) is 18.3 Å². The van der Waals surface area contributed by atoms with Crippen molar-refractivity contribution >= 4 is 27.5 Å². The Labute approximate surface area is 156 Å². The molecule has 0 spiro atoms. The number of fused-ring (bicyclic) bond motifs is 1. The fraction of sp³-hybridized carbons (Fsp3) is 0.350. The number of esters is 1. The molecule has 1 aromatic carbocycles. The number of ether oxygens (including phenoxy) is 1. The van der Waals surface area contributed by atoms with Crippen LogP contribution in [0.1, 0.15) is 37.4 Å². The first-order valence-electron chi connectivity index (χ1n) is 8.66. The number of aromatic nitrogens is 2. The van der Waals surface area contributed by atoms with E-state index in [1.807, 2.05) is 24.4 Å². The highest BCUT2D eigenvalue weighted by molar-refractivity contribution is 7.17. The molecule has 0 bridgehead atoms. The van der Waals surface area contributed by atoms with E-state index in [0.29, 0.717) is 16.8 Å². The van der Waals surface area contributed by atoms with Gasteiger partial charge in [0, 0.05) is 10.9 Å². The Kier molecular flexibility index (Phi) is 5.23. The number of hydrogen-bond acceptors (Lipinski definition) is 5. The highest BCUT2D eigenvalue weighted by Gasteiger charge is 2.21. The summed E-state index contributed by atoms with van der Waals surface area (Å²) in [5.41, 5.74) is 4.00. The largest absolute Gasteiger partial charge is 0.464 e. The molecule has 0 saturated carbocycles. The molecule has 2 aromatic heterocycles. The van der Waals surface area contributed by atoms with Gasteiger partial charge in [-0.1, -0.05) is 25.1 Å². The molecule has 136 valence electrons. The summed E-state index contributed by atoms with van der Waals surface area (Å²) in [6, 6.07) is 5.43. The van der Waals surface area contributed by atoms with Gasteiger partial charge in [-0.15, -0.1) is 11.3 Å². The van der Waals surface area contributed by atoms with E-state index in [0.717, 1.165) is 17.5 Å². The molecule has 0 aliphatic carbocycles. The lowest BCUT2D eigenvalue weighted by Gasteiger charge is -2.14. The third-order valence-corrected chi connectivity index (χ3v) is 5.43. The molecule has 0 aliphatic rings. The molecule has 0 aliphatic heterocycles. The number of hydrogen-bond donors (Lipinski definition) is 0. The summed E-state index contributed by atoms with van der Waals surface area (Å²) in [6.07, 6.45) is 2.18. The number of carbonyl (C=O) groups excluding carboxylic acids is 1. The average Bonchev–Trinajstić information content (AvgIpc) is 3.06. The van der Waals surface area contributed by atoms with Crippen molar-refractivity contribution in [2.75, 3.05) is 6.61 Å². The molecule has 2 heterocycles. The summed E-state index contributed by atoms with van der Waals surface area (Å²) in [7, 11) is 0.